The highest BCUT2D eigenvalue weighted by Gasteiger charge is 2.23. The molecule has 2 aromatic rings. The van der Waals surface area contributed by atoms with Crippen molar-refractivity contribution in [3.63, 3.8) is 0 Å². The zero-order valence-corrected chi connectivity index (χ0v) is 12.5. The molecule has 21 heavy (non-hydrogen) atoms. The fourth-order valence-corrected chi connectivity index (χ4v) is 3.06. The van der Waals surface area contributed by atoms with Gasteiger partial charge < -0.3 is 4.90 Å². The Labute approximate surface area is 126 Å². The lowest BCUT2D eigenvalue weighted by molar-refractivity contribution is -0.119. The van der Waals surface area contributed by atoms with Gasteiger partial charge in [0.25, 0.3) is 0 Å². The Balaban J connectivity index is 1.75. The summed E-state index contributed by atoms with van der Waals surface area (Å²) in [7, 11) is 0. The molecule has 2 nitrogen and oxygen atoms in total. The molecule has 1 amide bonds. The molecule has 0 radical (unpaired) electrons. The first-order valence-corrected chi connectivity index (χ1v) is 7.69. The van der Waals surface area contributed by atoms with Crippen molar-refractivity contribution >= 4 is 11.6 Å². The van der Waals surface area contributed by atoms with Gasteiger partial charge in [-0.25, -0.2) is 0 Å². The van der Waals surface area contributed by atoms with Crippen molar-refractivity contribution in [3.05, 3.63) is 65.7 Å². The molecule has 0 aromatic heterocycles. The van der Waals surface area contributed by atoms with Crippen LogP contribution in [-0.4, -0.2) is 12.5 Å². The second-order valence-electron chi connectivity index (χ2n) is 5.79. The molecule has 1 aliphatic rings. The number of hydrogen-bond donors (Lipinski definition) is 0. The Kier molecular flexibility index (Phi) is 4.05. The quantitative estimate of drug-likeness (QED) is 0.826. The number of para-hydroxylation sites is 1. The molecule has 2 heteroatoms. The van der Waals surface area contributed by atoms with Crippen molar-refractivity contribution < 1.29 is 4.79 Å². The number of rotatable bonds is 3. The maximum Gasteiger partial charge on any atom is 0.227 e. The second kappa shape index (κ2) is 6.13. The maximum absolute atomic E-state index is 12.7. The third-order valence-electron chi connectivity index (χ3n) is 4.26. The zero-order valence-electron chi connectivity index (χ0n) is 12.5. The van der Waals surface area contributed by atoms with E-state index in [1.807, 2.05) is 29.2 Å². The van der Waals surface area contributed by atoms with E-state index in [-0.39, 0.29) is 11.8 Å². The lowest BCUT2D eigenvalue weighted by Crippen LogP contribution is -2.36. The minimum Gasteiger partial charge on any atom is -0.312 e. The van der Waals surface area contributed by atoms with Crippen molar-refractivity contribution in [1.82, 2.24) is 0 Å². The van der Waals surface area contributed by atoms with Crippen LogP contribution >= 0.6 is 0 Å². The number of carbonyl (C=O) groups excluding carboxylic acids is 1. The highest BCUT2D eigenvalue weighted by atomic mass is 16.2. The van der Waals surface area contributed by atoms with Gasteiger partial charge >= 0.3 is 0 Å². The van der Waals surface area contributed by atoms with Gasteiger partial charge in [-0.3, -0.25) is 4.79 Å². The van der Waals surface area contributed by atoms with Crippen molar-refractivity contribution in [2.45, 2.75) is 32.1 Å². The number of aryl methyl sites for hydroxylation is 1. The molecule has 0 spiro atoms. The van der Waals surface area contributed by atoms with Crippen LogP contribution in [0.15, 0.2) is 54.6 Å². The molecule has 3 rings (SSSR count). The summed E-state index contributed by atoms with van der Waals surface area (Å²) in [5, 5.41) is 0. The van der Waals surface area contributed by atoms with Crippen LogP contribution in [0, 0.1) is 0 Å². The van der Waals surface area contributed by atoms with E-state index in [1.54, 1.807) is 0 Å². The molecule has 1 atom stereocenters. The van der Waals surface area contributed by atoms with Gasteiger partial charge in [0, 0.05) is 18.7 Å². The van der Waals surface area contributed by atoms with E-state index in [2.05, 4.69) is 37.3 Å². The van der Waals surface area contributed by atoms with Crippen LogP contribution in [-0.2, 0) is 11.2 Å². The second-order valence-corrected chi connectivity index (χ2v) is 5.79. The Morgan fingerprint density at radius 2 is 1.81 bits per heavy atom. The molecule has 2 aromatic carbocycles. The van der Waals surface area contributed by atoms with Gasteiger partial charge in [0.05, 0.1) is 0 Å². The number of benzene rings is 2. The molecule has 0 fully saturated rings. The van der Waals surface area contributed by atoms with Gasteiger partial charge in [0.15, 0.2) is 0 Å². The number of carbonyl (C=O) groups is 1. The number of nitrogens with zero attached hydrogens (tertiary/aromatic N) is 1. The minimum absolute atomic E-state index is 0.235. The highest BCUT2D eigenvalue weighted by Crippen LogP contribution is 2.29. The number of amides is 1. The molecule has 0 unspecified atom stereocenters. The lowest BCUT2D eigenvalue weighted by atomic mass is 9.95. The van der Waals surface area contributed by atoms with Gasteiger partial charge in [-0.1, -0.05) is 55.5 Å². The van der Waals surface area contributed by atoms with Gasteiger partial charge in [-0.15, -0.1) is 0 Å². The summed E-state index contributed by atoms with van der Waals surface area (Å²) in [5.41, 5.74) is 3.63. The van der Waals surface area contributed by atoms with Crippen LogP contribution in [0.5, 0.6) is 0 Å². The topological polar surface area (TPSA) is 20.3 Å². The van der Waals surface area contributed by atoms with Crippen molar-refractivity contribution in [3.8, 4) is 0 Å². The van der Waals surface area contributed by atoms with Crippen LogP contribution in [0.4, 0.5) is 5.69 Å². The van der Waals surface area contributed by atoms with Crippen LogP contribution in [0.2, 0.25) is 0 Å². The summed E-state index contributed by atoms with van der Waals surface area (Å²) < 4.78 is 0. The van der Waals surface area contributed by atoms with Gasteiger partial charge in [-0.05, 0) is 36.0 Å². The summed E-state index contributed by atoms with van der Waals surface area (Å²) in [6.45, 7) is 2.97. The first-order chi connectivity index (χ1) is 10.3. The van der Waals surface area contributed by atoms with E-state index in [1.165, 1.54) is 11.1 Å². The molecular formula is C19H21NO. The fraction of sp³-hybridized carbons (Fsp3) is 0.316. The monoisotopic (exact) mass is 279 g/mol. The SMILES string of the molecule is C[C@H](CC(=O)N1CCCc2ccccc21)c1ccccc1. The highest BCUT2D eigenvalue weighted by molar-refractivity contribution is 5.95. The van der Waals surface area contributed by atoms with Crippen LogP contribution in [0.25, 0.3) is 0 Å². The number of fused-ring (bicyclic) bond motifs is 1. The average molecular weight is 279 g/mol. The predicted octanol–water partition coefficient (Wildman–Crippen LogP) is 4.16. The van der Waals surface area contributed by atoms with E-state index in [9.17, 15) is 4.79 Å². The van der Waals surface area contributed by atoms with Gasteiger partial charge in [0.1, 0.15) is 0 Å². The van der Waals surface area contributed by atoms with Crippen LogP contribution in [0.1, 0.15) is 36.8 Å². The summed E-state index contributed by atoms with van der Waals surface area (Å²) in [6.07, 6.45) is 2.70. The first kappa shape index (κ1) is 13.9. The summed E-state index contributed by atoms with van der Waals surface area (Å²) in [6, 6.07) is 18.6. The molecule has 1 heterocycles. The molecule has 0 saturated heterocycles. The molecule has 0 aliphatic carbocycles. The third kappa shape index (κ3) is 2.99. The fourth-order valence-electron chi connectivity index (χ4n) is 3.06. The minimum atomic E-state index is 0.235. The summed E-state index contributed by atoms with van der Waals surface area (Å²) in [5.74, 6) is 0.492. The molecule has 0 saturated carbocycles. The Morgan fingerprint density at radius 3 is 2.62 bits per heavy atom. The van der Waals surface area contributed by atoms with Gasteiger partial charge in [-0.2, -0.15) is 0 Å². The summed E-state index contributed by atoms with van der Waals surface area (Å²) >= 11 is 0. The van der Waals surface area contributed by atoms with E-state index >= 15 is 0 Å². The maximum atomic E-state index is 12.7. The van der Waals surface area contributed by atoms with E-state index in [0.29, 0.717) is 6.42 Å². The van der Waals surface area contributed by atoms with Crippen molar-refractivity contribution in [1.29, 1.82) is 0 Å². The Hall–Kier alpha value is -2.09. The van der Waals surface area contributed by atoms with Gasteiger partial charge in [0.2, 0.25) is 5.91 Å². The van der Waals surface area contributed by atoms with Crippen molar-refractivity contribution in [2.24, 2.45) is 0 Å². The third-order valence-corrected chi connectivity index (χ3v) is 4.26. The van der Waals surface area contributed by atoms with Crippen molar-refractivity contribution in [2.75, 3.05) is 11.4 Å². The first-order valence-electron chi connectivity index (χ1n) is 7.69. The molecule has 108 valence electrons. The standard InChI is InChI=1S/C19H21NO/c1-15(16-8-3-2-4-9-16)14-19(21)20-13-7-11-17-10-5-6-12-18(17)20/h2-6,8-10,12,15H,7,11,13-14H2,1H3/t15-/m1/s1. The molecule has 0 N–H and O–H groups in total. The zero-order chi connectivity index (χ0) is 14.7. The summed E-state index contributed by atoms with van der Waals surface area (Å²) in [4.78, 5) is 14.6. The van der Waals surface area contributed by atoms with Crippen LogP contribution < -0.4 is 4.90 Å². The Morgan fingerprint density at radius 1 is 1.10 bits per heavy atom. The number of hydrogen-bond acceptors (Lipinski definition) is 1. The van der Waals surface area contributed by atoms with E-state index < -0.39 is 0 Å². The lowest BCUT2D eigenvalue weighted by Gasteiger charge is -2.30. The van der Waals surface area contributed by atoms with E-state index in [4.69, 9.17) is 0 Å². The smallest absolute Gasteiger partial charge is 0.227 e. The molecule has 0 bridgehead atoms. The number of anilines is 1. The van der Waals surface area contributed by atoms with Crippen LogP contribution in [0.3, 0.4) is 0 Å². The van der Waals surface area contributed by atoms with E-state index in [0.717, 1.165) is 25.1 Å². The molecule has 1 aliphatic heterocycles. The normalized spacial score (nSPS) is 15.4. The predicted molar refractivity (Wildman–Crippen MR) is 86.6 cm³/mol. The largest absolute Gasteiger partial charge is 0.312 e. The molecular weight excluding hydrogens is 258 g/mol. The average Bonchev–Trinajstić information content (AvgIpc) is 2.55. The Bertz CT molecular complexity index is 620.